The lowest BCUT2D eigenvalue weighted by atomic mass is 9.94. The maximum Gasteiger partial charge on any atom is 0.104 e. The van der Waals surface area contributed by atoms with E-state index in [1.54, 1.807) is 0 Å². The molecule has 5 nitrogen and oxygen atoms in total. The van der Waals surface area contributed by atoms with E-state index in [-0.39, 0.29) is 5.60 Å². The van der Waals surface area contributed by atoms with Crippen molar-refractivity contribution in [3.8, 4) is 0 Å². The van der Waals surface area contributed by atoms with Gasteiger partial charge in [0, 0.05) is 38.6 Å². The first-order valence-electron chi connectivity index (χ1n) is 9.37. The van der Waals surface area contributed by atoms with Crippen molar-refractivity contribution in [1.82, 2.24) is 14.8 Å². The van der Waals surface area contributed by atoms with E-state index in [9.17, 15) is 0 Å². The fourth-order valence-corrected chi connectivity index (χ4v) is 4.47. The minimum absolute atomic E-state index is 0.108. The third-order valence-electron chi connectivity index (χ3n) is 5.56. The maximum absolute atomic E-state index is 6.34. The van der Waals surface area contributed by atoms with E-state index in [4.69, 9.17) is 9.47 Å². The average Bonchev–Trinajstić information content (AvgIpc) is 3.19. The third kappa shape index (κ3) is 3.97. The zero-order valence-electron chi connectivity index (χ0n) is 14.5. The van der Waals surface area contributed by atoms with Gasteiger partial charge in [0.1, 0.15) is 5.60 Å². The Bertz CT molecular complexity index is 521. The SMILES string of the molecule is c1cncc(CN2CCOCC3(CC(CN4CCCC4)CO3)C2)c1. The minimum Gasteiger partial charge on any atom is -0.377 e. The van der Waals surface area contributed by atoms with Crippen LogP contribution >= 0.6 is 0 Å². The van der Waals surface area contributed by atoms with Crippen molar-refractivity contribution < 1.29 is 9.47 Å². The first kappa shape index (κ1) is 16.5. The zero-order chi connectivity index (χ0) is 16.2. The van der Waals surface area contributed by atoms with Crippen LogP contribution in [0.2, 0.25) is 0 Å². The van der Waals surface area contributed by atoms with Gasteiger partial charge in [0.05, 0.1) is 19.8 Å². The van der Waals surface area contributed by atoms with Crippen molar-refractivity contribution in [3.05, 3.63) is 30.1 Å². The van der Waals surface area contributed by atoms with Crippen molar-refractivity contribution in [2.75, 3.05) is 52.5 Å². The van der Waals surface area contributed by atoms with Crippen LogP contribution in [0.5, 0.6) is 0 Å². The van der Waals surface area contributed by atoms with E-state index >= 15 is 0 Å². The molecular formula is C19H29N3O2. The molecule has 2 atom stereocenters. The summed E-state index contributed by atoms with van der Waals surface area (Å²) in [6, 6.07) is 4.16. The Morgan fingerprint density at radius 3 is 2.96 bits per heavy atom. The first-order valence-corrected chi connectivity index (χ1v) is 9.37. The molecule has 1 spiro atoms. The molecular weight excluding hydrogens is 302 g/mol. The molecule has 24 heavy (non-hydrogen) atoms. The van der Waals surface area contributed by atoms with Crippen molar-refractivity contribution in [2.45, 2.75) is 31.4 Å². The van der Waals surface area contributed by atoms with Gasteiger partial charge >= 0.3 is 0 Å². The van der Waals surface area contributed by atoms with Crippen LogP contribution in [0.25, 0.3) is 0 Å². The molecule has 4 rings (SSSR count). The molecule has 0 aromatic carbocycles. The Kier molecular flexibility index (Phi) is 5.13. The highest BCUT2D eigenvalue weighted by atomic mass is 16.5. The molecule has 0 N–H and O–H groups in total. The van der Waals surface area contributed by atoms with Crippen LogP contribution in [0.4, 0.5) is 0 Å². The lowest BCUT2D eigenvalue weighted by molar-refractivity contribution is -0.0563. The fraction of sp³-hybridized carbons (Fsp3) is 0.737. The van der Waals surface area contributed by atoms with Gasteiger partial charge < -0.3 is 14.4 Å². The summed E-state index contributed by atoms with van der Waals surface area (Å²) in [4.78, 5) is 9.32. The molecule has 5 heteroatoms. The van der Waals surface area contributed by atoms with Gasteiger partial charge in [-0.3, -0.25) is 9.88 Å². The Balaban J connectivity index is 1.37. The van der Waals surface area contributed by atoms with Gasteiger partial charge in [-0.05, 0) is 49.9 Å². The highest BCUT2D eigenvalue weighted by Gasteiger charge is 2.43. The molecule has 3 aliphatic heterocycles. The molecule has 0 bridgehead atoms. The topological polar surface area (TPSA) is 37.8 Å². The van der Waals surface area contributed by atoms with Crippen LogP contribution in [-0.2, 0) is 16.0 Å². The number of aromatic nitrogens is 1. The quantitative estimate of drug-likeness (QED) is 0.841. The average molecular weight is 331 g/mol. The predicted octanol–water partition coefficient (Wildman–Crippen LogP) is 1.78. The Morgan fingerprint density at radius 1 is 1.21 bits per heavy atom. The van der Waals surface area contributed by atoms with Crippen molar-refractivity contribution in [3.63, 3.8) is 0 Å². The second-order valence-electron chi connectivity index (χ2n) is 7.70. The summed E-state index contributed by atoms with van der Waals surface area (Å²) in [7, 11) is 0. The predicted molar refractivity (Wildman–Crippen MR) is 92.8 cm³/mol. The Morgan fingerprint density at radius 2 is 2.12 bits per heavy atom. The van der Waals surface area contributed by atoms with Crippen LogP contribution in [0.3, 0.4) is 0 Å². The summed E-state index contributed by atoms with van der Waals surface area (Å²) in [5, 5.41) is 0. The van der Waals surface area contributed by atoms with Gasteiger partial charge in [0.2, 0.25) is 0 Å². The second kappa shape index (κ2) is 7.48. The lowest BCUT2D eigenvalue weighted by Gasteiger charge is -2.31. The van der Waals surface area contributed by atoms with Crippen LogP contribution in [0, 0.1) is 5.92 Å². The summed E-state index contributed by atoms with van der Waals surface area (Å²) in [5.41, 5.74) is 1.16. The largest absolute Gasteiger partial charge is 0.377 e. The van der Waals surface area contributed by atoms with Crippen LogP contribution in [-0.4, -0.2) is 72.9 Å². The summed E-state index contributed by atoms with van der Waals surface area (Å²) in [6.45, 7) is 9.04. The highest BCUT2D eigenvalue weighted by molar-refractivity contribution is 5.08. The summed E-state index contributed by atoms with van der Waals surface area (Å²) in [5.74, 6) is 0.657. The molecule has 4 heterocycles. The van der Waals surface area contributed by atoms with E-state index in [2.05, 4.69) is 20.9 Å². The van der Waals surface area contributed by atoms with Gasteiger partial charge in [0.25, 0.3) is 0 Å². The molecule has 1 aromatic heterocycles. The number of ether oxygens (including phenoxy) is 2. The summed E-state index contributed by atoms with van der Waals surface area (Å²) < 4.78 is 12.3. The number of rotatable bonds is 4. The molecule has 0 radical (unpaired) electrons. The van der Waals surface area contributed by atoms with Crippen molar-refractivity contribution in [2.24, 2.45) is 5.92 Å². The maximum atomic E-state index is 6.34. The van der Waals surface area contributed by atoms with Crippen molar-refractivity contribution in [1.29, 1.82) is 0 Å². The van der Waals surface area contributed by atoms with E-state index in [0.29, 0.717) is 5.92 Å². The third-order valence-corrected chi connectivity index (χ3v) is 5.56. The van der Waals surface area contributed by atoms with Crippen LogP contribution < -0.4 is 0 Å². The normalized spacial score (nSPS) is 32.4. The fourth-order valence-electron chi connectivity index (χ4n) is 4.47. The molecule has 0 amide bonds. The molecule has 3 aliphatic rings. The zero-order valence-corrected chi connectivity index (χ0v) is 14.5. The number of pyridine rings is 1. The second-order valence-corrected chi connectivity index (χ2v) is 7.70. The smallest absolute Gasteiger partial charge is 0.104 e. The van der Waals surface area contributed by atoms with E-state index in [1.165, 1.54) is 38.0 Å². The standard InChI is InChI=1S/C19H29N3O2/c1-2-7-21(6-1)13-18-10-19(24-14-18)15-22(8-9-23-16-19)12-17-4-3-5-20-11-17/h3-5,11,18H,1-2,6-10,12-16H2. The van der Waals surface area contributed by atoms with Gasteiger partial charge in [0.15, 0.2) is 0 Å². The van der Waals surface area contributed by atoms with Gasteiger partial charge in [-0.25, -0.2) is 0 Å². The summed E-state index contributed by atoms with van der Waals surface area (Å²) >= 11 is 0. The molecule has 2 unspecified atom stereocenters. The molecule has 3 saturated heterocycles. The Labute approximate surface area is 144 Å². The van der Waals surface area contributed by atoms with E-state index < -0.39 is 0 Å². The van der Waals surface area contributed by atoms with E-state index in [0.717, 1.165) is 45.9 Å². The monoisotopic (exact) mass is 331 g/mol. The molecule has 1 aromatic rings. The van der Waals surface area contributed by atoms with Gasteiger partial charge in [-0.2, -0.15) is 0 Å². The van der Waals surface area contributed by atoms with Crippen molar-refractivity contribution >= 4 is 0 Å². The summed E-state index contributed by atoms with van der Waals surface area (Å²) in [6.07, 6.45) is 7.65. The molecule has 0 saturated carbocycles. The van der Waals surface area contributed by atoms with Gasteiger partial charge in [-0.1, -0.05) is 6.07 Å². The molecule has 0 aliphatic carbocycles. The number of hydrogen-bond acceptors (Lipinski definition) is 5. The highest BCUT2D eigenvalue weighted by Crippen LogP contribution is 2.34. The first-order chi connectivity index (χ1) is 11.8. The minimum atomic E-state index is -0.108. The number of likely N-dealkylation sites (tertiary alicyclic amines) is 1. The number of hydrogen-bond donors (Lipinski definition) is 0. The van der Waals surface area contributed by atoms with E-state index in [1.807, 2.05) is 18.5 Å². The van der Waals surface area contributed by atoms with Crippen LogP contribution in [0.15, 0.2) is 24.5 Å². The Hall–Kier alpha value is -1.01. The number of nitrogens with zero attached hydrogens (tertiary/aromatic N) is 3. The van der Waals surface area contributed by atoms with Gasteiger partial charge in [-0.15, -0.1) is 0 Å². The molecule has 132 valence electrons. The molecule has 3 fully saturated rings. The van der Waals surface area contributed by atoms with Crippen LogP contribution in [0.1, 0.15) is 24.8 Å². The lowest BCUT2D eigenvalue weighted by Crippen LogP contribution is -2.44.